The molecule has 0 aromatic heterocycles. The zero-order chi connectivity index (χ0) is 14.3. The topological polar surface area (TPSA) is 43.1 Å². The van der Waals surface area contributed by atoms with Crippen LogP contribution in [-0.4, -0.2) is 5.24 Å². The van der Waals surface area contributed by atoms with E-state index in [9.17, 15) is 31.1 Å². The molecule has 0 unspecified atom stereocenters. The predicted octanol–water partition coefficient (Wildman–Crippen LogP) is 3.69. The number of carbonyl (C=O) groups excluding carboxylic acids is 1. The van der Waals surface area contributed by atoms with Gasteiger partial charge >= 0.3 is 12.4 Å². The molecule has 1 aromatic carbocycles. The predicted molar refractivity (Wildman–Crippen MR) is 51.0 cm³/mol. The van der Waals surface area contributed by atoms with Gasteiger partial charge in [-0.3, -0.25) is 4.79 Å². The van der Waals surface area contributed by atoms with E-state index in [0.717, 1.165) is 0 Å². The molecule has 0 bridgehead atoms. The second-order valence-corrected chi connectivity index (χ2v) is 3.56. The average Bonchev–Trinajstić information content (AvgIpc) is 2.12. The molecule has 0 amide bonds. The van der Waals surface area contributed by atoms with Crippen molar-refractivity contribution in [2.45, 2.75) is 12.4 Å². The molecule has 0 aliphatic rings. The molecule has 1 aromatic rings. The van der Waals surface area contributed by atoms with Crippen LogP contribution in [0.5, 0.6) is 0 Å². The van der Waals surface area contributed by atoms with E-state index in [4.69, 9.17) is 17.3 Å². The van der Waals surface area contributed by atoms with Gasteiger partial charge in [-0.25, -0.2) is 0 Å². The van der Waals surface area contributed by atoms with E-state index in [-0.39, 0.29) is 6.07 Å². The molecule has 0 heterocycles. The molecule has 100 valence electrons. The number of hydrogen-bond acceptors (Lipinski definition) is 2. The molecule has 1 rings (SSSR count). The summed E-state index contributed by atoms with van der Waals surface area (Å²) in [6.45, 7) is 0. The van der Waals surface area contributed by atoms with Crippen LogP contribution in [0.25, 0.3) is 0 Å². The number of benzene rings is 1. The lowest BCUT2D eigenvalue weighted by atomic mass is 9.99. The zero-order valence-electron chi connectivity index (χ0n) is 8.29. The second-order valence-electron chi connectivity index (χ2n) is 3.22. The number of nitrogens with two attached hydrogens (primary N) is 1. The van der Waals surface area contributed by atoms with E-state index in [1.807, 2.05) is 0 Å². The summed E-state index contributed by atoms with van der Waals surface area (Å²) < 4.78 is 75.2. The van der Waals surface area contributed by atoms with Crippen LogP contribution in [0.15, 0.2) is 12.1 Å². The normalized spacial score (nSPS) is 12.6. The van der Waals surface area contributed by atoms with Crippen molar-refractivity contribution in [2.75, 3.05) is 5.73 Å². The van der Waals surface area contributed by atoms with Crippen LogP contribution < -0.4 is 5.73 Å². The highest BCUT2D eigenvalue weighted by molar-refractivity contribution is 6.68. The second kappa shape index (κ2) is 4.34. The summed E-state index contributed by atoms with van der Waals surface area (Å²) in [5.74, 6) is 0. The molecule has 18 heavy (non-hydrogen) atoms. The van der Waals surface area contributed by atoms with Crippen molar-refractivity contribution in [3.05, 3.63) is 28.8 Å². The molecule has 0 saturated heterocycles. The molecule has 0 fully saturated rings. The number of carbonyl (C=O) groups is 1. The Hall–Kier alpha value is -1.44. The first-order chi connectivity index (χ1) is 7.96. The molecular weight excluding hydrogens is 288 g/mol. The minimum absolute atomic E-state index is 0.154. The number of alkyl halides is 6. The van der Waals surface area contributed by atoms with Crippen LogP contribution in [-0.2, 0) is 12.4 Å². The van der Waals surface area contributed by atoms with Gasteiger partial charge in [0.2, 0.25) is 0 Å². The van der Waals surface area contributed by atoms with Gasteiger partial charge in [-0.15, -0.1) is 0 Å². The van der Waals surface area contributed by atoms with Crippen molar-refractivity contribution in [3.63, 3.8) is 0 Å². The third kappa shape index (κ3) is 2.69. The van der Waals surface area contributed by atoms with Gasteiger partial charge in [0.15, 0.2) is 0 Å². The van der Waals surface area contributed by atoms with E-state index in [1.54, 1.807) is 0 Å². The van der Waals surface area contributed by atoms with Gasteiger partial charge in [0, 0.05) is 5.69 Å². The summed E-state index contributed by atoms with van der Waals surface area (Å²) in [7, 11) is 0. The minimum Gasteiger partial charge on any atom is -0.398 e. The standard InChI is InChI=1S/C9H4ClF6NO/c10-7(18)5-4(17)2-1-3(8(11,12)13)6(5)9(14,15)16/h1-2H,17H2. The Morgan fingerprint density at radius 1 is 1.06 bits per heavy atom. The van der Waals surface area contributed by atoms with Crippen molar-refractivity contribution in [2.24, 2.45) is 0 Å². The minimum atomic E-state index is -5.40. The molecule has 9 heteroatoms. The molecule has 2 nitrogen and oxygen atoms in total. The zero-order valence-corrected chi connectivity index (χ0v) is 9.04. The first kappa shape index (κ1) is 14.6. The molecule has 2 N–H and O–H groups in total. The van der Waals surface area contributed by atoms with Crippen LogP contribution in [0, 0.1) is 0 Å². The van der Waals surface area contributed by atoms with E-state index >= 15 is 0 Å². The lowest BCUT2D eigenvalue weighted by molar-refractivity contribution is -0.162. The molecule has 0 atom stereocenters. The maximum atomic E-state index is 12.6. The summed E-state index contributed by atoms with van der Waals surface area (Å²) in [4.78, 5) is 10.8. The lowest BCUT2D eigenvalue weighted by Crippen LogP contribution is -2.21. The summed E-state index contributed by atoms with van der Waals surface area (Å²) in [6.07, 6.45) is -10.7. The number of halogens is 7. The van der Waals surface area contributed by atoms with Gasteiger partial charge in [0.25, 0.3) is 5.24 Å². The maximum Gasteiger partial charge on any atom is 0.417 e. The average molecular weight is 292 g/mol. The lowest BCUT2D eigenvalue weighted by Gasteiger charge is -2.18. The van der Waals surface area contributed by atoms with Crippen molar-refractivity contribution in [1.29, 1.82) is 0 Å². The molecule has 0 spiro atoms. The Bertz CT molecular complexity index is 493. The van der Waals surface area contributed by atoms with Gasteiger partial charge in [-0.2, -0.15) is 26.3 Å². The number of anilines is 1. The molecule has 0 radical (unpaired) electrons. The Morgan fingerprint density at radius 2 is 1.56 bits per heavy atom. The SMILES string of the molecule is Nc1ccc(C(F)(F)F)c(C(F)(F)F)c1C(=O)Cl. The van der Waals surface area contributed by atoms with Crippen LogP contribution >= 0.6 is 11.6 Å². The molecular formula is C9H4ClF6NO. The third-order valence-corrected chi connectivity index (χ3v) is 2.21. The van der Waals surface area contributed by atoms with Gasteiger partial charge < -0.3 is 5.73 Å². The third-order valence-electron chi connectivity index (χ3n) is 2.02. The highest BCUT2D eigenvalue weighted by Crippen LogP contribution is 2.43. The Kier molecular flexibility index (Phi) is 3.53. The van der Waals surface area contributed by atoms with Crippen molar-refractivity contribution >= 4 is 22.5 Å². The summed E-state index contributed by atoms with van der Waals surface area (Å²) in [6, 6.07) is 0.704. The van der Waals surface area contributed by atoms with Crippen LogP contribution in [0.1, 0.15) is 21.5 Å². The van der Waals surface area contributed by atoms with Gasteiger partial charge in [-0.05, 0) is 23.7 Å². The van der Waals surface area contributed by atoms with Crippen LogP contribution in [0.3, 0.4) is 0 Å². The van der Waals surface area contributed by atoms with Crippen molar-refractivity contribution < 1.29 is 31.1 Å². The first-order valence-electron chi connectivity index (χ1n) is 4.23. The van der Waals surface area contributed by atoms with Gasteiger partial charge in [0.1, 0.15) is 0 Å². The molecule has 0 aliphatic heterocycles. The van der Waals surface area contributed by atoms with Crippen LogP contribution in [0.4, 0.5) is 32.0 Å². The van der Waals surface area contributed by atoms with Crippen molar-refractivity contribution in [3.8, 4) is 0 Å². The van der Waals surface area contributed by atoms with Gasteiger partial charge in [0.05, 0.1) is 16.7 Å². The number of nitrogen functional groups attached to an aromatic ring is 1. The van der Waals surface area contributed by atoms with E-state index < -0.39 is 40.0 Å². The highest BCUT2D eigenvalue weighted by atomic mass is 35.5. The van der Waals surface area contributed by atoms with Gasteiger partial charge in [-0.1, -0.05) is 0 Å². The quantitative estimate of drug-likeness (QED) is 0.487. The fourth-order valence-corrected chi connectivity index (χ4v) is 1.56. The monoisotopic (exact) mass is 291 g/mol. The fourth-order valence-electron chi connectivity index (χ4n) is 1.36. The Morgan fingerprint density at radius 3 is 1.89 bits per heavy atom. The van der Waals surface area contributed by atoms with Crippen molar-refractivity contribution in [1.82, 2.24) is 0 Å². The smallest absolute Gasteiger partial charge is 0.398 e. The first-order valence-corrected chi connectivity index (χ1v) is 4.60. The molecule has 0 aliphatic carbocycles. The highest BCUT2D eigenvalue weighted by Gasteiger charge is 2.46. The van der Waals surface area contributed by atoms with E-state index in [0.29, 0.717) is 6.07 Å². The molecule has 0 saturated carbocycles. The Labute approximate surface area is 101 Å². The fraction of sp³-hybridized carbons (Fsp3) is 0.222. The maximum absolute atomic E-state index is 12.6. The largest absolute Gasteiger partial charge is 0.417 e. The summed E-state index contributed by atoms with van der Waals surface area (Å²) in [5, 5.41) is -1.70. The van der Waals surface area contributed by atoms with E-state index in [2.05, 4.69) is 0 Å². The van der Waals surface area contributed by atoms with Crippen LogP contribution in [0.2, 0.25) is 0 Å². The number of rotatable bonds is 1. The van der Waals surface area contributed by atoms with E-state index in [1.165, 1.54) is 0 Å². The Balaban J connectivity index is 3.78. The number of hydrogen-bond donors (Lipinski definition) is 1. The summed E-state index contributed by atoms with van der Waals surface area (Å²) >= 11 is 4.86. The summed E-state index contributed by atoms with van der Waals surface area (Å²) in [5.41, 5.74) is -1.28.